The lowest BCUT2D eigenvalue weighted by Gasteiger charge is -2.18. The summed E-state index contributed by atoms with van der Waals surface area (Å²) in [5, 5.41) is 0. The van der Waals surface area contributed by atoms with Gasteiger partial charge in [-0.3, -0.25) is 0 Å². The van der Waals surface area contributed by atoms with Crippen LogP contribution in [0.1, 0.15) is 24.0 Å². The summed E-state index contributed by atoms with van der Waals surface area (Å²) in [6.45, 7) is 4.36. The summed E-state index contributed by atoms with van der Waals surface area (Å²) in [4.78, 5) is 3.32. The number of rotatable bonds is 1. The molecule has 1 aliphatic rings. The third-order valence-electron chi connectivity index (χ3n) is 2.69. The Morgan fingerprint density at radius 2 is 1.71 bits per heavy atom. The van der Waals surface area contributed by atoms with E-state index in [2.05, 4.69) is 36.1 Å². The summed E-state index contributed by atoms with van der Waals surface area (Å²) in [7, 11) is 0. The molecule has 0 atom stereocenters. The van der Waals surface area contributed by atoms with Gasteiger partial charge in [0.1, 0.15) is 4.99 Å². The highest BCUT2D eigenvalue weighted by molar-refractivity contribution is 7.80. The van der Waals surface area contributed by atoms with Crippen LogP contribution in [-0.4, -0.2) is 23.0 Å². The lowest BCUT2D eigenvalue weighted by molar-refractivity contribution is 0.530. The standard InChI is InChI=1S/C12H15NS/c1-10-4-6-11(7-5-10)12(14)13-8-2-3-9-13/h4-7H,2-3,8-9H2,1H3. The quantitative estimate of drug-likeness (QED) is 0.649. The van der Waals surface area contributed by atoms with Crippen molar-refractivity contribution in [3.05, 3.63) is 35.4 Å². The Kier molecular flexibility index (Phi) is 2.82. The van der Waals surface area contributed by atoms with Gasteiger partial charge in [-0.2, -0.15) is 0 Å². The van der Waals surface area contributed by atoms with Crippen molar-refractivity contribution in [1.29, 1.82) is 0 Å². The first kappa shape index (κ1) is 9.66. The molecule has 0 unspecified atom stereocenters. The van der Waals surface area contributed by atoms with Gasteiger partial charge in [0, 0.05) is 18.7 Å². The Labute approximate surface area is 90.7 Å². The van der Waals surface area contributed by atoms with Gasteiger partial charge in [0.15, 0.2) is 0 Å². The molecule has 0 aliphatic carbocycles. The SMILES string of the molecule is Cc1ccc(C(=S)N2CCCC2)cc1. The first-order valence-corrected chi connectivity index (χ1v) is 5.54. The highest BCUT2D eigenvalue weighted by Crippen LogP contribution is 2.14. The van der Waals surface area contributed by atoms with Crippen LogP contribution in [0.3, 0.4) is 0 Å². The van der Waals surface area contributed by atoms with Crippen LogP contribution in [0.5, 0.6) is 0 Å². The number of hydrogen-bond donors (Lipinski definition) is 0. The van der Waals surface area contributed by atoms with E-state index in [4.69, 9.17) is 12.2 Å². The van der Waals surface area contributed by atoms with Crippen molar-refractivity contribution in [2.24, 2.45) is 0 Å². The number of hydrogen-bond acceptors (Lipinski definition) is 1. The van der Waals surface area contributed by atoms with E-state index in [1.807, 2.05) is 0 Å². The van der Waals surface area contributed by atoms with E-state index in [-0.39, 0.29) is 0 Å². The summed E-state index contributed by atoms with van der Waals surface area (Å²) < 4.78 is 0. The van der Waals surface area contributed by atoms with E-state index >= 15 is 0 Å². The minimum Gasteiger partial charge on any atom is -0.362 e. The van der Waals surface area contributed by atoms with E-state index < -0.39 is 0 Å². The van der Waals surface area contributed by atoms with Crippen molar-refractivity contribution < 1.29 is 0 Å². The normalized spacial score (nSPS) is 15.9. The third-order valence-corrected chi connectivity index (χ3v) is 3.19. The molecule has 2 heteroatoms. The molecule has 1 aliphatic heterocycles. The van der Waals surface area contributed by atoms with Crippen molar-refractivity contribution in [2.45, 2.75) is 19.8 Å². The minimum absolute atomic E-state index is 1.02. The van der Waals surface area contributed by atoms with Gasteiger partial charge < -0.3 is 4.90 Å². The molecule has 0 bridgehead atoms. The molecule has 74 valence electrons. The highest BCUT2D eigenvalue weighted by Gasteiger charge is 2.15. The number of nitrogens with zero attached hydrogens (tertiary/aromatic N) is 1. The lowest BCUT2D eigenvalue weighted by atomic mass is 10.1. The van der Waals surface area contributed by atoms with E-state index in [0.29, 0.717) is 0 Å². The number of aryl methyl sites for hydroxylation is 1. The zero-order valence-electron chi connectivity index (χ0n) is 8.49. The van der Waals surface area contributed by atoms with Gasteiger partial charge in [0.25, 0.3) is 0 Å². The smallest absolute Gasteiger partial charge is 0.109 e. The minimum atomic E-state index is 1.02. The predicted octanol–water partition coefficient (Wildman–Crippen LogP) is 2.77. The van der Waals surface area contributed by atoms with Gasteiger partial charge in [0.2, 0.25) is 0 Å². The second kappa shape index (κ2) is 4.09. The predicted molar refractivity (Wildman–Crippen MR) is 63.7 cm³/mol. The van der Waals surface area contributed by atoms with Crippen LogP contribution in [0.2, 0.25) is 0 Å². The van der Waals surface area contributed by atoms with Gasteiger partial charge in [-0.15, -0.1) is 0 Å². The Balaban J connectivity index is 2.14. The molecule has 1 nitrogen and oxygen atoms in total. The number of likely N-dealkylation sites (tertiary alicyclic amines) is 1. The van der Waals surface area contributed by atoms with Crippen molar-refractivity contribution in [3.8, 4) is 0 Å². The molecule has 0 spiro atoms. The topological polar surface area (TPSA) is 3.24 Å². The monoisotopic (exact) mass is 205 g/mol. The molecule has 0 N–H and O–H groups in total. The summed E-state index contributed by atoms with van der Waals surface area (Å²) in [5.74, 6) is 0. The molecule has 1 fully saturated rings. The van der Waals surface area contributed by atoms with Crippen LogP contribution in [0.4, 0.5) is 0 Å². The van der Waals surface area contributed by atoms with Gasteiger partial charge >= 0.3 is 0 Å². The first-order valence-electron chi connectivity index (χ1n) is 5.13. The highest BCUT2D eigenvalue weighted by atomic mass is 32.1. The average molecular weight is 205 g/mol. The summed E-state index contributed by atoms with van der Waals surface area (Å²) in [5.41, 5.74) is 2.48. The van der Waals surface area contributed by atoms with Crippen LogP contribution in [0.25, 0.3) is 0 Å². The largest absolute Gasteiger partial charge is 0.362 e. The number of thiocarbonyl (C=S) groups is 1. The van der Waals surface area contributed by atoms with Crippen LogP contribution in [-0.2, 0) is 0 Å². The molecule has 0 aromatic heterocycles. The van der Waals surface area contributed by atoms with Crippen LogP contribution < -0.4 is 0 Å². The van der Waals surface area contributed by atoms with Crippen LogP contribution in [0, 0.1) is 6.92 Å². The Morgan fingerprint density at radius 1 is 1.14 bits per heavy atom. The van der Waals surface area contributed by atoms with Gasteiger partial charge in [-0.05, 0) is 19.8 Å². The maximum Gasteiger partial charge on any atom is 0.109 e. The molecule has 2 rings (SSSR count). The molecular weight excluding hydrogens is 190 g/mol. The fraction of sp³-hybridized carbons (Fsp3) is 0.417. The Morgan fingerprint density at radius 3 is 2.29 bits per heavy atom. The summed E-state index contributed by atoms with van der Waals surface area (Å²) in [6.07, 6.45) is 2.57. The lowest BCUT2D eigenvalue weighted by Crippen LogP contribution is -2.26. The number of benzene rings is 1. The van der Waals surface area contributed by atoms with Gasteiger partial charge in [-0.25, -0.2) is 0 Å². The van der Waals surface area contributed by atoms with E-state index in [1.54, 1.807) is 0 Å². The Bertz CT molecular complexity index is 323. The zero-order chi connectivity index (χ0) is 9.97. The molecule has 0 saturated carbocycles. The molecule has 1 aromatic rings. The van der Waals surface area contributed by atoms with Crippen LogP contribution in [0.15, 0.2) is 24.3 Å². The van der Waals surface area contributed by atoms with E-state index in [0.717, 1.165) is 18.1 Å². The molecule has 1 aromatic carbocycles. The first-order chi connectivity index (χ1) is 6.77. The molecule has 14 heavy (non-hydrogen) atoms. The van der Waals surface area contributed by atoms with Crippen molar-refractivity contribution in [2.75, 3.05) is 13.1 Å². The van der Waals surface area contributed by atoms with Crippen molar-refractivity contribution in [3.63, 3.8) is 0 Å². The molecule has 0 amide bonds. The maximum absolute atomic E-state index is 5.45. The molecular formula is C12H15NS. The van der Waals surface area contributed by atoms with E-state index in [9.17, 15) is 0 Å². The fourth-order valence-corrected chi connectivity index (χ4v) is 2.12. The zero-order valence-corrected chi connectivity index (χ0v) is 9.31. The van der Waals surface area contributed by atoms with Gasteiger partial charge in [0.05, 0.1) is 0 Å². The second-order valence-electron chi connectivity index (χ2n) is 3.87. The summed E-state index contributed by atoms with van der Waals surface area (Å²) >= 11 is 5.45. The fourth-order valence-electron chi connectivity index (χ4n) is 1.80. The van der Waals surface area contributed by atoms with Crippen molar-refractivity contribution in [1.82, 2.24) is 4.90 Å². The average Bonchev–Trinajstić information content (AvgIpc) is 2.71. The van der Waals surface area contributed by atoms with Gasteiger partial charge in [-0.1, -0.05) is 42.0 Å². The molecule has 1 saturated heterocycles. The van der Waals surface area contributed by atoms with E-state index in [1.165, 1.54) is 24.0 Å². The third kappa shape index (κ3) is 1.95. The molecule has 1 heterocycles. The van der Waals surface area contributed by atoms with Crippen molar-refractivity contribution >= 4 is 17.2 Å². The Hall–Kier alpha value is -0.890. The second-order valence-corrected chi connectivity index (χ2v) is 4.25. The molecule has 0 radical (unpaired) electrons. The summed E-state index contributed by atoms with van der Waals surface area (Å²) in [6, 6.07) is 8.49. The van der Waals surface area contributed by atoms with Crippen LogP contribution >= 0.6 is 12.2 Å². The maximum atomic E-state index is 5.45.